The number of halogens is 1. The standard InChI is InChI=1S/C11H11FN2O2/c1-16-11-3-2-7(12)4-9(11)10-5-8(6-15)13-14-10/h2-5,15H,6H2,1H3,(H,13,14). The van der Waals surface area contributed by atoms with Gasteiger partial charge in [-0.25, -0.2) is 4.39 Å². The molecule has 5 heteroatoms. The molecule has 0 fully saturated rings. The first-order chi connectivity index (χ1) is 7.74. The summed E-state index contributed by atoms with van der Waals surface area (Å²) in [4.78, 5) is 0. The van der Waals surface area contributed by atoms with E-state index in [-0.39, 0.29) is 12.4 Å². The molecule has 0 aliphatic rings. The van der Waals surface area contributed by atoms with Crippen LogP contribution < -0.4 is 4.74 Å². The Morgan fingerprint density at radius 1 is 1.44 bits per heavy atom. The Morgan fingerprint density at radius 2 is 2.25 bits per heavy atom. The number of aliphatic hydroxyl groups is 1. The molecule has 2 N–H and O–H groups in total. The fraction of sp³-hybridized carbons (Fsp3) is 0.182. The number of benzene rings is 1. The minimum absolute atomic E-state index is 0.134. The Balaban J connectivity index is 2.49. The lowest BCUT2D eigenvalue weighted by molar-refractivity contribution is 0.276. The zero-order valence-electron chi connectivity index (χ0n) is 8.70. The van der Waals surface area contributed by atoms with Gasteiger partial charge in [0.15, 0.2) is 0 Å². The van der Waals surface area contributed by atoms with Crippen LogP contribution in [-0.2, 0) is 6.61 Å². The Hall–Kier alpha value is -1.88. The predicted molar refractivity (Wildman–Crippen MR) is 56.5 cm³/mol. The number of nitrogens with one attached hydrogen (secondary N) is 1. The molecule has 0 atom stereocenters. The third kappa shape index (κ3) is 1.90. The van der Waals surface area contributed by atoms with Gasteiger partial charge in [0.05, 0.1) is 25.1 Å². The lowest BCUT2D eigenvalue weighted by Gasteiger charge is -2.05. The van der Waals surface area contributed by atoms with Crippen LogP contribution in [0.4, 0.5) is 4.39 Å². The maximum Gasteiger partial charge on any atom is 0.128 e. The number of hydrogen-bond donors (Lipinski definition) is 2. The summed E-state index contributed by atoms with van der Waals surface area (Å²) in [5.41, 5.74) is 1.67. The molecule has 2 rings (SSSR count). The van der Waals surface area contributed by atoms with Crippen molar-refractivity contribution in [1.82, 2.24) is 10.2 Å². The van der Waals surface area contributed by atoms with E-state index >= 15 is 0 Å². The number of hydrogen-bond acceptors (Lipinski definition) is 3. The molecule has 0 unspecified atom stereocenters. The number of aliphatic hydroxyl groups excluding tert-OH is 1. The van der Waals surface area contributed by atoms with Crippen molar-refractivity contribution in [2.45, 2.75) is 6.61 Å². The Bertz CT molecular complexity index is 496. The molecule has 0 saturated carbocycles. The highest BCUT2D eigenvalue weighted by atomic mass is 19.1. The molecular formula is C11H11FN2O2. The van der Waals surface area contributed by atoms with E-state index in [1.807, 2.05) is 0 Å². The number of methoxy groups -OCH3 is 1. The van der Waals surface area contributed by atoms with Crippen molar-refractivity contribution in [3.63, 3.8) is 0 Å². The molecule has 1 heterocycles. The Morgan fingerprint density at radius 3 is 2.88 bits per heavy atom. The summed E-state index contributed by atoms with van der Waals surface area (Å²) in [7, 11) is 1.51. The van der Waals surface area contributed by atoms with Crippen LogP contribution in [0.5, 0.6) is 5.75 Å². The fourth-order valence-corrected chi connectivity index (χ4v) is 1.46. The maximum atomic E-state index is 13.1. The van der Waals surface area contributed by atoms with Crippen LogP contribution in [0.25, 0.3) is 11.3 Å². The van der Waals surface area contributed by atoms with Crippen LogP contribution in [-0.4, -0.2) is 22.4 Å². The van der Waals surface area contributed by atoms with Gasteiger partial charge in [-0.15, -0.1) is 0 Å². The zero-order valence-corrected chi connectivity index (χ0v) is 8.70. The van der Waals surface area contributed by atoms with Gasteiger partial charge in [-0.2, -0.15) is 5.10 Å². The lowest BCUT2D eigenvalue weighted by atomic mass is 10.1. The Labute approximate surface area is 91.7 Å². The molecule has 0 aliphatic heterocycles. The molecule has 2 aromatic rings. The van der Waals surface area contributed by atoms with Gasteiger partial charge in [-0.05, 0) is 24.3 Å². The van der Waals surface area contributed by atoms with Crippen molar-refractivity contribution < 1.29 is 14.2 Å². The third-order valence-corrected chi connectivity index (χ3v) is 2.24. The molecule has 0 aliphatic carbocycles. The van der Waals surface area contributed by atoms with Crippen molar-refractivity contribution in [3.05, 3.63) is 35.8 Å². The Kier molecular flexibility index (Phi) is 2.87. The van der Waals surface area contributed by atoms with Crippen molar-refractivity contribution in [3.8, 4) is 17.0 Å². The van der Waals surface area contributed by atoms with Crippen LogP contribution in [0.3, 0.4) is 0 Å². The number of aromatic nitrogens is 2. The number of aromatic amines is 1. The zero-order chi connectivity index (χ0) is 11.5. The summed E-state index contributed by atoms with van der Waals surface area (Å²) in [6.45, 7) is -0.134. The first-order valence-electron chi connectivity index (χ1n) is 4.73. The molecule has 0 radical (unpaired) electrons. The minimum Gasteiger partial charge on any atom is -0.496 e. The summed E-state index contributed by atoms with van der Waals surface area (Å²) >= 11 is 0. The number of rotatable bonds is 3. The molecule has 0 bridgehead atoms. The van der Waals surface area contributed by atoms with Crippen molar-refractivity contribution >= 4 is 0 Å². The first kappa shape index (κ1) is 10.6. The molecule has 0 saturated heterocycles. The van der Waals surface area contributed by atoms with Crippen LogP contribution in [0, 0.1) is 5.82 Å². The van der Waals surface area contributed by atoms with E-state index in [0.29, 0.717) is 22.7 Å². The van der Waals surface area contributed by atoms with Gasteiger partial charge in [-0.1, -0.05) is 0 Å². The van der Waals surface area contributed by atoms with Crippen LogP contribution in [0.1, 0.15) is 5.69 Å². The van der Waals surface area contributed by atoms with E-state index in [2.05, 4.69) is 10.2 Å². The molecule has 1 aromatic heterocycles. The average Bonchev–Trinajstić information content (AvgIpc) is 2.77. The smallest absolute Gasteiger partial charge is 0.128 e. The van der Waals surface area contributed by atoms with Crippen molar-refractivity contribution in [2.24, 2.45) is 0 Å². The van der Waals surface area contributed by atoms with E-state index < -0.39 is 0 Å². The highest BCUT2D eigenvalue weighted by Gasteiger charge is 2.10. The predicted octanol–water partition coefficient (Wildman–Crippen LogP) is 1.72. The molecule has 4 nitrogen and oxygen atoms in total. The van der Waals surface area contributed by atoms with Crippen LogP contribution >= 0.6 is 0 Å². The second-order valence-electron chi connectivity index (χ2n) is 3.28. The van der Waals surface area contributed by atoms with Gasteiger partial charge in [0.2, 0.25) is 0 Å². The molecule has 0 spiro atoms. The normalized spacial score (nSPS) is 10.4. The summed E-state index contributed by atoms with van der Waals surface area (Å²) in [5.74, 6) is 0.182. The van der Waals surface area contributed by atoms with E-state index in [9.17, 15) is 4.39 Å². The highest BCUT2D eigenvalue weighted by molar-refractivity contribution is 5.67. The van der Waals surface area contributed by atoms with Gasteiger partial charge in [0.1, 0.15) is 11.6 Å². The van der Waals surface area contributed by atoms with Gasteiger partial charge in [0, 0.05) is 5.56 Å². The van der Waals surface area contributed by atoms with Gasteiger partial charge in [-0.3, -0.25) is 5.10 Å². The summed E-state index contributed by atoms with van der Waals surface area (Å²) < 4.78 is 18.2. The SMILES string of the molecule is COc1ccc(F)cc1-c1cc(CO)[nH]n1. The molecule has 0 amide bonds. The monoisotopic (exact) mass is 222 g/mol. The van der Waals surface area contributed by atoms with Crippen LogP contribution in [0.2, 0.25) is 0 Å². The number of nitrogens with zero attached hydrogens (tertiary/aromatic N) is 1. The fourth-order valence-electron chi connectivity index (χ4n) is 1.46. The maximum absolute atomic E-state index is 13.1. The molecule has 84 valence electrons. The van der Waals surface area contributed by atoms with E-state index in [1.165, 1.54) is 25.3 Å². The largest absolute Gasteiger partial charge is 0.496 e. The summed E-state index contributed by atoms with van der Waals surface area (Å²) in [6, 6.07) is 5.85. The third-order valence-electron chi connectivity index (χ3n) is 2.24. The van der Waals surface area contributed by atoms with E-state index in [4.69, 9.17) is 9.84 Å². The minimum atomic E-state index is -0.357. The highest BCUT2D eigenvalue weighted by Crippen LogP contribution is 2.29. The molecular weight excluding hydrogens is 211 g/mol. The van der Waals surface area contributed by atoms with Gasteiger partial charge >= 0.3 is 0 Å². The second kappa shape index (κ2) is 4.32. The second-order valence-corrected chi connectivity index (χ2v) is 3.28. The van der Waals surface area contributed by atoms with Gasteiger partial charge in [0.25, 0.3) is 0 Å². The van der Waals surface area contributed by atoms with Crippen molar-refractivity contribution in [2.75, 3.05) is 7.11 Å². The number of H-pyrrole nitrogens is 1. The van der Waals surface area contributed by atoms with Crippen molar-refractivity contribution in [1.29, 1.82) is 0 Å². The van der Waals surface area contributed by atoms with E-state index in [1.54, 1.807) is 6.07 Å². The van der Waals surface area contributed by atoms with E-state index in [0.717, 1.165) is 0 Å². The quantitative estimate of drug-likeness (QED) is 0.831. The first-order valence-corrected chi connectivity index (χ1v) is 4.73. The molecule has 1 aromatic carbocycles. The van der Waals surface area contributed by atoms with Crippen LogP contribution in [0.15, 0.2) is 24.3 Å². The van der Waals surface area contributed by atoms with Gasteiger partial charge < -0.3 is 9.84 Å². The summed E-state index contributed by atoms with van der Waals surface area (Å²) in [6.07, 6.45) is 0. The average molecular weight is 222 g/mol. The molecule has 16 heavy (non-hydrogen) atoms. The summed E-state index contributed by atoms with van der Waals surface area (Å²) in [5, 5.41) is 15.5. The lowest BCUT2D eigenvalue weighted by Crippen LogP contribution is -1.89. The number of ether oxygens (including phenoxy) is 1. The topological polar surface area (TPSA) is 58.1 Å².